The number of alkyl halides is 2. The Morgan fingerprint density at radius 2 is 2.15 bits per heavy atom. The van der Waals surface area contributed by atoms with Gasteiger partial charge in [0, 0.05) is 5.56 Å². The number of fused-ring (bicyclic) bond motifs is 1. The third-order valence-electron chi connectivity index (χ3n) is 2.86. The van der Waals surface area contributed by atoms with E-state index in [1.807, 2.05) is 0 Å². The summed E-state index contributed by atoms with van der Waals surface area (Å²) in [6.45, 7) is 0. The summed E-state index contributed by atoms with van der Waals surface area (Å²) in [5.41, 5.74) is -0.509. The highest BCUT2D eigenvalue weighted by molar-refractivity contribution is 6.24. The molecule has 0 saturated heterocycles. The molecule has 1 atom stereocenters. The molecule has 2 aliphatic rings. The quantitative estimate of drug-likeness (QED) is 0.791. The molecular formula is C12H6F2N2O4. The van der Waals surface area contributed by atoms with Crippen molar-refractivity contribution in [2.75, 3.05) is 0 Å². The minimum atomic E-state index is -3.83. The zero-order valence-corrected chi connectivity index (χ0v) is 9.68. The van der Waals surface area contributed by atoms with Gasteiger partial charge in [0.15, 0.2) is 17.7 Å². The Hall–Kier alpha value is -2.66. The van der Waals surface area contributed by atoms with E-state index in [9.17, 15) is 18.7 Å². The molecule has 6 nitrogen and oxygen atoms in total. The number of nitrogens with zero attached hydrogens (tertiary/aromatic N) is 1. The molecule has 2 N–H and O–H groups in total. The molecule has 102 valence electrons. The average molecular weight is 280 g/mol. The summed E-state index contributed by atoms with van der Waals surface area (Å²) in [5.74, 6) is -1.34. The lowest BCUT2D eigenvalue weighted by Crippen LogP contribution is -2.28. The summed E-state index contributed by atoms with van der Waals surface area (Å²) >= 11 is 0. The first kappa shape index (κ1) is 12.4. The van der Waals surface area contributed by atoms with Gasteiger partial charge in [-0.1, -0.05) is 12.1 Å². The summed E-state index contributed by atoms with van der Waals surface area (Å²) in [5, 5.41) is 20.6. The van der Waals surface area contributed by atoms with Crippen molar-refractivity contribution >= 4 is 11.5 Å². The maximum Gasteiger partial charge on any atom is 0.586 e. The molecule has 0 bridgehead atoms. The highest BCUT2D eigenvalue weighted by Gasteiger charge is 2.46. The zero-order chi connectivity index (χ0) is 14.5. The lowest BCUT2D eigenvalue weighted by molar-refractivity contribution is -0.286. The Bertz CT molecular complexity index is 693. The van der Waals surface area contributed by atoms with Crippen molar-refractivity contribution in [1.29, 1.82) is 5.26 Å². The molecule has 2 aliphatic heterocycles. The number of amides is 1. The fourth-order valence-corrected chi connectivity index (χ4v) is 2.08. The molecule has 2 heterocycles. The van der Waals surface area contributed by atoms with Crippen LogP contribution in [0.15, 0.2) is 23.8 Å². The van der Waals surface area contributed by atoms with Crippen molar-refractivity contribution in [2.24, 2.45) is 0 Å². The molecular weight excluding hydrogens is 274 g/mol. The van der Waals surface area contributed by atoms with Gasteiger partial charge in [-0.2, -0.15) is 5.26 Å². The number of nitrogens with one attached hydrogen (secondary N) is 1. The third kappa shape index (κ3) is 1.68. The standard InChI is InChI=1S/C12H6F2N2O4/c13-12(14)19-7-3-1-2-5(9(7)20-12)8-6(4-15)10(17)16-11(8)18/h1-3,10,17H,(H,16,18). The summed E-state index contributed by atoms with van der Waals surface area (Å²) in [6.07, 6.45) is -5.30. The van der Waals surface area contributed by atoms with Crippen LogP contribution in [0.25, 0.3) is 5.57 Å². The summed E-state index contributed by atoms with van der Waals surface area (Å²) in [7, 11) is 0. The largest absolute Gasteiger partial charge is 0.586 e. The van der Waals surface area contributed by atoms with Crippen LogP contribution in [0, 0.1) is 11.3 Å². The van der Waals surface area contributed by atoms with Gasteiger partial charge in [0.25, 0.3) is 5.91 Å². The second kappa shape index (κ2) is 3.91. The van der Waals surface area contributed by atoms with E-state index >= 15 is 0 Å². The number of nitriles is 1. The van der Waals surface area contributed by atoms with Gasteiger partial charge >= 0.3 is 6.29 Å². The summed E-state index contributed by atoms with van der Waals surface area (Å²) < 4.78 is 34.8. The van der Waals surface area contributed by atoms with E-state index in [0.29, 0.717) is 0 Å². The van der Waals surface area contributed by atoms with E-state index < -0.39 is 18.4 Å². The van der Waals surface area contributed by atoms with Crippen molar-refractivity contribution in [3.05, 3.63) is 29.3 Å². The third-order valence-corrected chi connectivity index (χ3v) is 2.86. The molecule has 3 rings (SSSR count). The van der Waals surface area contributed by atoms with E-state index in [-0.39, 0.29) is 28.2 Å². The normalized spacial score (nSPS) is 22.7. The molecule has 0 radical (unpaired) electrons. The predicted molar refractivity (Wildman–Crippen MR) is 59.3 cm³/mol. The Morgan fingerprint density at radius 1 is 1.40 bits per heavy atom. The van der Waals surface area contributed by atoms with Crippen LogP contribution in [0.5, 0.6) is 11.5 Å². The number of carbonyl (C=O) groups excluding carboxylic acids is 1. The van der Waals surface area contributed by atoms with Crippen molar-refractivity contribution in [3.8, 4) is 17.6 Å². The van der Waals surface area contributed by atoms with Gasteiger partial charge in [0.05, 0.1) is 11.1 Å². The smallest absolute Gasteiger partial charge is 0.395 e. The lowest BCUT2D eigenvalue weighted by Gasteiger charge is -2.07. The van der Waals surface area contributed by atoms with E-state index in [0.717, 1.165) is 0 Å². The van der Waals surface area contributed by atoms with Crippen LogP contribution < -0.4 is 14.8 Å². The second-order valence-corrected chi connectivity index (χ2v) is 4.08. The number of halogens is 2. The Morgan fingerprint density at radius 3 is 2.85 bits per heavy atom. The number of aliphatic hydroxyl groups excluding tert-OH is 1. The number of ether oxygens (including phenoxy) is 2. The van der Waals surface area contributed by atoms with Crippen LogP contribution in [-0.2, 0) is 4.79 Å². The van der Waals surface area contributed by atoms with Crippen LogP contribution in [0.1, 0.15) is 5.56 Å². The van der Waals surface area contributed by atoms with Gasteiger partial charge in [0.1, 0.15) is 6.07 Å². The molecule has 0 aliphatic carbocycles. The Labute approximate surface area is 110 Å². The maximum atomic E-state index is 13.1. The van der Waals surface area contributed by atoms with Gasteiger partial charge in [-0.05, 0) is 6.07 Å². The first-order chi connectivity index (χ1) is 9.43. The SMILES string of the molecule is N#CC1=C(c2cccc3c2OC(F)(F)O3)C(=O)NC1O. The highest BCUT2D eigenvalue weighted by atomic mass is 19.3. The van der Waals surface area contributed by atoms with Gasteiger partial charge in [0.2, 0.25) is 0 Å². The topological polar surface area (TPSA) is 91.6 Å². The van der Waals surface area contributed by atoms with E-state index in [1.54, 1.807) is 6.07 Å². The van der Waals surface area contributed by atoms with E-state index in [2.05, 4.69) is 14.8 Å². The van der Waals surface area contributed by atoms with Crippen LogP contribution >= 0.6 is 0 Å². The minimum Gasteiger partial charge on any atom is -0.395 e. The monoisotopic (exact) mass is 280 g/mol. The van der Waals surface area contributed by atoms with Crippen LogP contribution in [-0.4, -0.2) is 23.5 Å². The molecule has 20 heavy (non-hydrogen) atoms. The number of aliphatic hydroxyl groups is 1. The number of para-hydroxylation sites is 1. The molecule has 0 fully saturated rings. The van der Waals surface area contributed by atoms with E-state index in [4.69, 9.17) is 5.26 Å². The molecule has 1 aromatic rings. The first-order valence-electron chi connectivity index (χ1n) is 5.45. The number of carbonyl (C=O) groups is 1. The summed E-state index contributed by atoms with van der Waals surface area (Å²) in [4.78, 5) is 11.8. The summed E-state index contributed by atoms with van der Waals surface area (Å²) in [6, 6.07) is 5.61. The maximum absolute atomic E-state index is 13.1. The fraction of sp³-hybridized carbons (Fsp3) is 0.167. The molecule has 1 aromatic carbocycles. The lowest BCUT2D eigenvalue weighted by atomic mass is 10.0. The van der Waals surface area contributed by atoms with Crippen LogP contribution in [0.4, 0.5) is 8.78 Å². The number of hydrogen-bond donors (Lipinski definition) is 2. The molecule has 1 unspecified atom stereocenters. The predicted octanol–water partition coefficient (Wildman–Crippen LogP) is 0.733. The molecule has 0 saturated carbocycles. The van der Waals surface area contributed by atoms with Gasteiger partial charge in [-0.3, -0.25) is 4.79 Å². The van der Waals surface area contributed by atoms with Crippen molar-refractivity contribution in [3.63, 3.8) is 0 Å². The van der Waals surface area contributed by atoms with Gasteiger partial charge < -0.3 is 19.9 Å². The molecule has 0 aromatic heterocycles. The van der Waals surface area contributed by atoms with Crippen molar-refractivity contribution < 1.29 is 28.2 Å². The second-order valence-electron chi connectivity index (χ2n) is 4.08. The number of benzene rings is 1. The Balaban J connectivity index is 2.19. The minimum absolute atomic E-state index is 0.0368. The number of rotatable bonds is 1. The Kier molecular flexibility index (Phi) is 2.42. The van der Waals surface area contributed by atoms with Crippen LogP contribution in [0.3, 0.4) is 0 Å². The molecule has 1 amide bonds. The molecule has 8 heteroatoms. The fourth-order valence-electron chi connectivity index (χ4n) is 2.08. The van der Waals surface area contributed by atoms with Crippen molar-refractivity contribution in [2.45, 2.75) is 12.5 Å². The zero-order valence-electron chi connectivity index (χ0n) is 9.68. The van der Waals surface area contributed by atoms with Gasteiger partial charge in [-0.25, -0.2) is 0 Å². The average Bonchev–Trinajstić information content (AvgIpc) is 2.82. The van der Waals surface area contributed by atoms with Crippen LogP contribution in [0.2, 0.25) is 0 Å². The molecule has 0 spiro atoms. The van der Waals surface area contributed by atoms with Gasteiger partial charge in [-0.15, -0.1) is 8.78 Å². The highest BCUT2D eigenvalue weighted by Crippen LogP contribution is 2.46. The first-order valence-corrected chi connectivity index (χ1v) is 5.45. The van der Waals surface area contributed by atoms with Crippen molar-refractivity contribution in [1.82, 2.24) is 5.32 Å². The van der Waals surface area contributed by atoms with E-state index in [1.165, 1.54) is 18.2 Å². The number of hydrogen-bond acceptors (Lipinski definition) is 5.